The molecule has 0 saturated carbocycles. The summed E-state index contributed by atoms with van der Waals surface area (Å²) < 4.78 is 38.7. The summed E-state index contributed by atoms with van der Waals surface area (Å²) in [6.07, 6.45) is -4.34. The second kappa shape index (κ2) is 6.16. The molecule has 108 valence electrons. The molecule has 0 atom stereocenters. The average Bonchev–Trinajstić information content (AvgIpc) is 2.34. The lowest BCUT2D eigenvalue weighted by Gasteiger charge is -2.23. The molecule has 1 aliphatic rings. The van der Waals surface area contributed by atoms with E-state index in [0.717, 1.165) is 11.0 Å². The van der Waals surface area contributed by atoms with Gasteiger partial charge in [0.15, 0.2) is 0 Å². The van der Waals surface area contributed by atoms with Crippen LogP contribution in [0, 0.1) is 0 Å². The largest absolute Gasteiger partial charge is 0.418 e. The number of halogens is 5. The minimum Gasteiger partial charge on any atom is -0.353 e. The molecule has 1 aliphatic heterocycles. The van der Waals surface area contributed by atoms with Gasteiger partial charge in [0.25, 0.3) is 0 Å². The smallest absolute Gasteiger partial charge is 0.353 e. The van der Waals surface area contributed by atoms with Crippen LogP contribution in [0.3, 0.4) is 0 Å². The Morgan fingerprint density at radius 3 is 2.20 bits per heavy atom. The monoisotopic (exact) mass is 339 g/mol. The lowest BCUT2D eigenvalue weighted by atomic mass is 10.1. The van der Waals surface area contributed by atoms with E-state index in [1.165, 1.54) is 17.8 Å². The maximum absolute atomic E-state index is 12.9. The third-order valence-corrected chi connectivity index (χ3v) is 3.83. The molecule has 2 aromatic rings. The van der Waals surface area contributed by atoms with E-state index < -0.39 is 11.7 Å². The van der Waals surface area contributed by atoms with Crippen molar-refractivity contribution in [3.8, 4) is 0 Å². The third kappa shape index (κ3) is 3.00. The number of hydrogen-bond acceptors (Lipinski definition) is 2. The summed E-state index contributed by atoms with van der Waals surface area (Å²) in [5, 5.41) is 2.87. The molecule has 1 N–H and O–H groups in total. The molecule has 0 radical (unpaired) electrons. The summed E-state index contributed by atoms with van der Waals surface area (Å²) in [5.41, 5.74) is 0.238. The summed E-state index contributed by atoms with van der Waals surface area (Å²) in [4.78, 5) is 1.54. The fraction of sp³-hybridized carbons (Fsp3) is 0.0769. The van der Waals surface area contributed by atoms with Crippen molar-refractivity contribution >= 4 is 48.0 Å². The molecule has 0 aliphatic carbocycles. The van der Waals surface area contributed by atoms with E-state index in [1.54, 1.807) is 18.2 Å². The molecule has 3 rings (SSSR count). The molecule has 0 bridgehead atoms. The summed E-state index contributed by atoms with van der Waals surface area (Å²) in [6.45, 7) is 0. The summed E-state index contributed by atoms with van der Waals surface area (Å²) in [7, 11) is 0. The molecular formula is C13H10Cl2F3NS. The molecular weight excluding hydrogens is 330 g/mol. The molecule has 0 saturated heterocycles. The third-order valence-electron chi connectivity index (χ3n) is 2.70. The molecule has 1 nitrogen and oxygen atoms in total. The van der Waals surface area contributed by atoms with E-state index in [4.69, 9.17) is 0 Å². The molecule has 0 aromatic heterocycles. The van der Waals surface area contributed by atoms with Crippen molar-refractivity contribution in [2.75, 3.05) is 5.32 Å². The second-order valence-corrected chi connectivity index (χ2v) is 4.98. The zero-order chi connectivity index (χ0) is 12.8. The first-order chi connectivity index (χ1) is 8.55. The van der Waals surface area contributed by atoms with Crippen LogP contribution in [0.4, 0.5) is 24.5 Å². The average molecular weight is 340 g/mol. The van der Waals surface area contributed by atoms with E-state index in [-0.39, 0.29) is 30.5 Å². The number of anilines is 2. The Morgan fingerprint density at radius 1 is 0.850 bits per heavy atom. The fourth-order valence-electron chi connectivity index (χ4n) is 1.89. The number of hydrogen-bond donors (Lipinski definition) is 1. The van der Waals surface area contributed by atoms with E-state index in [0.29, 0.717) is 10.6 Å². The van der Waals surface area contributed by atoms with Crippen molar-refractivity contribution in [2.24, 2.45) is 0 Å². The lowest BCUT2D eigenvalue weighted by molar-refractivity contribution is -0.137. The van der Waals surface area contributed by atoms with Gasteiger partial charge in [-0.2, -0.15) is 13.2 Å². The Morgan fingerprint density at radius 2 is 1.50 bits per heavy atom. The van der Waals surface area contributed by atoms with Crippen molar-refractivity contribution in [3.05, 3.63) is 48.0 Å². The van der Waals surface area contributed by atoms with E-state index >= 15 is 0 Å². The van der Waals surface area contributed by atoms with Gasteiger partial charge in [0.2, 0.25) is 0 Å². The van der Waals surface area contributed by atoms with Gasteiger partial charge < -0.3 is 5.32 Å². The highest BCUT2D eigenvalue weighted by molar-refractivity contribution is 7.99. The van der Waals surface area contributed by atoms with Crippen LogP contribution < -0.4 is 5.32 Å². The number of nitrogens with one attached hydrogen (secondary N) is 1. The fourth-order valence-corrected chi connectivity index (χ4v) is 2.92. The summed E-state index contributed by atoms with van der Waals surface area (Å²) >= 11 is 1.35. The van der Waals surface area contributed by atoms with Gasteiger partial charge >= 0.3 is 6.18 Å². The SMILES string of the molecule is Cl.Cl.FC(F)(F)c1cccc2c1Nc1ccccc1S2. The highest BCUT2D eigenvalue weighted by atomic mass is 35.5. The molecule has 0 spiro atoms. The normalized spacial score (nSPS) is 12.2. The standard InChI is InChI=1S/C13H8F3NS.2ClH/c14-13(15,16)8-4-3-7-11-12(8)17-9-5-1-2-6-10(9)18-11;;/h1-7,17H;2*1H. The Balaban J connectivity index is 0.000001000. The van der Waals surface area contributed by atoms with Gasteiger partial charge in [-0.3, -0.25) is 0 Å². The molecule has 20 heavy (non-hydrogen) atoms. The molecule has 0 unspecified atom stereocenters. The first-order valence-corrected chi connectivity index (χ1v) is 6.11. The lowest BCUT2D eigenvalue weighted by Crippen LogP contribution is -2.11. The Bertz CT molecular complexity index is 617. The Labute approximate surface area is 130 Å². The molecule has 0 amide bonds. The van der Waals surface area contributed by atoms with Gasteiger partial charge in [-0.15, -0.1) is 24.8 Å². The van der Waals surface area contributed by atoms with Crippen molar-refractivity contribution in [1.29, 1.82) is 0 Å². The molecule has 1 heterocycles. The second-order valence-electron chi connectivity index (χ2n) is 3.90. The number of para-hydroxylation sites is 2. The van der Waals surface area contributed by atoms with Crippen molar-refractivity contribution in [1.82, 2.24) is 0 Å². The number of fused-ring (bicyclic) bond motifs is 2. The van der Waals surface area contributed by atoms with Crippen LogP contribution in [0.15, 0.2) is 52.3 Å². The van der Waals surface area contributed by atoms with Crippen molar-refractivity contribution in [2.45, 2.75) is 16.0 Å². The maximum atomic E-state index is 12.9. The van der Waals surface area contributed by atoms with Crippen LogP contribution in [0.1, 0.15) is 5.56 Å². The minimum atomic E-state index is -4.34. The predicted molar refractivity (Wildman–Crippen MR) is 79.8 cm³/mol. The molecule has 0 fully saturated rings. The molecule has 2 aromatic carbocycles. The highest BCUT2D eigenvalue weighted by Gasteiger charge is 2.35. The first-order valence-electron chi connectivity index (χ1n) is 5.30. The highest BCUT2D eigenvalue weighted by Crippen LogP contribution is 2.48. The van der Waals surface area contributed by atoms with Gasteiger partial charge in [0, 0.05) is 9.79 Å². The van der Waals surface area contributed by atoms with Crippen LogP contribution in [0.25, 0.3) is 0 Å². The zero-order valence-corrected chi connectivity index (χ0v) is 12.3. The van der Waals surface area contributed by atoms with E-state index in [1.807, 2.05) is 12.1 Å². The summed E-state index contributed by atoms with van der Waals surface area (Å²) in [5.74, 6) is 0. The van der Waals surface area contributed by atoms with Crippen molar-refractivity contribution in [3.63, 3.8) is 0 Å². The first kappa shape index (κ1) is 17.0. The van der Waals surface area contributed by atoms with Crippen LogP contribution in [0.5, 0.6) is 0 Å². The van der Waals surface area contributed by atoms with Gasteiger partial charge in [-0.05, 0) is 24.3 Å². The van der Waals surface area contributed by atoms with Crippen LogP contribution in [-0.2, 0) is 6.18 Å². The quantitative estimate of drug-likeness (QED) is 0.559. The topological polar surface area (TPSA) is 12.0 Å². The minimum absolute atomic E-state index is 0. The van der Waals surface area contributed by atoms with Gasteiger partial charge in [0.05, 0.1) is 16.9 Å². The Hall–Kier alpha value is -1.04. The number of rotatable bonds is 0. The maximum Gasteiger partial charge on any atom is 0.418 e. The van der Waals surface area contributed by atoms with Gasteiger partial charge in [-0.25, -0.2) is 0 Å². The molecule has 7 heteroatoms. The number of alkyl halides is 3. The van der Waals surface area contributed by atoms with E-state index in [9.17, 15) is 13.2 Å². The van der Waals surface area contributed by atoms with E-state index in [2.05, 4.69) is 5.32 Å². The van der Waals surface area contributed by atoms with Gasteiger partial charge in [0.1, 0.15) is 0 Å². The van der Waals surface area contributed by atoms with Gasteiger partial charge in [-0.1, -0.05) is 30.0 Å². The van der Waals surface area contributed by atoms with Crippen LogP contribution >= 0.6 is 36.6 Å². The zero-order valence-electron chi connectivity index (χ0n) is 9.90. The van der Waals surface area contributed by atoms with Crippen molar-refractivity contribution < 1.29 is 13.2 Å². The van der Waals surface area contributed by atoms with Crippen LogP contribution in [0.2, 0.25) is 0 Å². The summed E-state index contributed by atoms with van der Waals surface area (Å²) in [6, 6.07) is 11.6. The van der Waals surface area contributed by atoms with Crippen LogP contribution in [-0.4, -0.2) is 0 Å². The predicted octanol–water partition coefficient (Wildman–Crippen LogP) is 5.76. The Kier molecular flexibility index (Phi) is 5.24. The number of benzene rings is 2.